The molecule has 0 saturated heterocycles. The van der Waals surface area contributed by atoms with E-state index in [1.807, 2.05) is 19.9 Å². The third kappa shape index (κ3) is 3.94. The molecule has 0 fully saturated rings. The molecule has 0 atom stereocenters. The highest BCUT2D eigenvalue weighted by Gasteiger charge is 1.96. The molecule has 0 aliphatic carbocycles. The Balaban J connectivity index is 4.58. The highest BCUT2D eigenvalue weighted by molar-refractivity contribution is 9.12. The van der Waals surface area contributed by atoms with Crippen LogP contribution in [0, 0.1) is 0 Å². The van der Waals surface area contributed by atoms with Crippen LogP contribution in [-0.2, 0) is 4.79 Å². The van der Waals surface area contributed by atoms with Crippen LogP contribution in [0.5, 0.6) is 0 Å². The Morgan fingerprint density at radius 2 is 2.09 bits per heavy atom. The van der Waals surface area contributed by atoms with E-state index in [1.165, 1.54) is 0 Å². The average molecular weight is 215 g/mol. The quantitative estimate of drug-likeness (QED) is 0.401. The van der Waals surface area contributed by atoms with E-state index in [0.717, 1.165) is 16.3 Å². The molecule has 0 unspecified atom stereocenters. The van der Waals surface area contributed by atoms with Crippen molar-refractivity contribution >= 4 is 22.2 Å². The maximum atomic E-state index is 10.4. The highest BCUT2D eigenvalue weighted by atomic mass is 79.9. The number of hydrogen-bond donors (Lipinski definition) is 0. The van der Waals surface area contributed by atoms with Crippen molar-refractivity contribution in [2.75, 3.05) is 0 Å². The van der Waals surface area contributed by atoms with Gasteiger partial charge >= 0.3 is 0 Å². The Kier molecular flexibility index (Phi) is 4.79. The zero-order valence-electron chi connectivity index (χ0n) is 6.73. The lowest BCUT2D eigenvalue weighted by molar-refractivity contribution is -0.104. The molecule has 0 spiro atoms. The van der Waals surface area contributed by atoms with Crippen molar-refractivity contribution in [2.24, 2.45) is 0 Å². The molecular formula is C9H11BrO. The molecule has 0 aliphatic rings. The van der Waals surface area contributed by atoms with Gasteiger partial charge in [-0.3, -0.25) is 4.79 Å². The van der Waals surface area contributed by atoms with Gasteiger partial charge in [-0.25, -0.2) is 0 Å². The normalized spacial score (nSPS) is 13.0. The van der Waals surface area contributed by atoms with E-state index in [1.54, 1.807) is 6.08 Å². The second-order valence-corrected chi connectivity index (χ2v) is 3.05. The fourth-order valence-corrected chi connectivity index (χ4v) is 1.28. The van der Waals surface area contributed by atoms with E-state index < -0.39 is 0 Å². The van der Waals surface area contributed by atoms with Gasteiger partial charge in [0.1, 0.15) is 0 Å². The van der Waals surface area contributed by atoms with Crippen molar-refractivity contribution in [3.63, 3.8) is 0 Å². The molecule has 0 aliphatic heterocycles. The van der Waals surface area contributed by atoms with Gasteiger partial charge in [0.25, 0.3) is 0 Å². The molecular weight excluding hydrogens is 204 g/mol. The van der Waals surface area contributed by atoms with E-state index >= 15 is 0 Å². The number of rotatable bonds is 3. The molecule has 0 aromatic rings. The summed E-state index contributed by atoms with van der Waals surface area (Å²) in [5.41, 5.74) is 1.56. The second kappa shape index (κ2) is 5.08. The summed E-state index contributed by atoms with van der Waals surface area (Å²) in [4.78, 5) is 10.4. The number of aldehydes is 1. The molecule has 0 N–H and O–H groups in total. The van der Waals surface area contributed by atoms with Gasteiger partial charge in [0, 0.05) is 10.1 Å². The molecule has 0 rings (SSSR count). The number of carbonyl (C=O) groups excluding carboxylic acids is 1. The van der Waals surface area contributed by atoms with Crippen molar-refractivity contribution < 1.29 is 4.79 Å². The van der Waals surface area contributed by atoms with Crippen molar-refractivity contribution in [1.82, 2.24) is 0 Å². The minimum absolute atomic E-state index is 0.646. The summed E-state index contributed by atoms with van der Waals surface area (Å²) in [6, 6.07) is 0. The summed E-state index contributed by atoms with van der Waals surface area (Å²) < 4.78 is 0.780. The first-order valence-corrected chi connectivity index (χ1v) is 4.05. The van der Waals surface area contributed by atoms with Crippen LogP contribution in [0.25, 0.3) is 0 Å². The molecule has 0 aromatic heterocycles. The molecule has 11 heavy (non-hydrogen) atoms. The minimum atomic E-state index is 0.646. The molecule has 0 heterocycles. The molecule has 0 saturated carbocycles. The zero-order chi connectivity index (χ0) is 8.85. The maximum absolute atomic E-state index is 10.4. The van der Waals surface area contributed by atoms with Gasteiger partial charge in [0.15, 0.2) is 6.29 Å². The zero-order valence-corrected chi connectivity index (χ0v) is 8.31. The van der Waals surface area contributed by atoms with Crippen molar-refractivity contribution in [3.8, 4) is 0 Å². The van der Waals surface area contributed by atoms with Crippen molar-refractivity contribution in [2.45, 2.75) is 13.8 Å². The second-order valence-electron chi connectivity index (χ2n) is 2.20. The van der Waals surface area contributed by atoms with Gasteiger partial charge in [0.05, 0.1) is 0 Å². The average Bonchev–Trinajstić information content (AvgIpc) is 1.88. The predicted octanol–water partition coefficient (Wildman–Crippen LogP) is 2.99. The Morgan fingerprint density at radius 1 is 1.55 bits per heavy atom. The molecule has 0 radical (unpaired) electrons. The van der Waals surface area contributed by atoms with Crippen LogP contribution >= 0.6 is 15.9 Å². The summed E-state index contributed by atoms with van der Waals surface area (Å²) in [6.07, 6.45) is 4.36. The molecule has 60 valence electrons. The first-order chi connectivity index (χ1) is 5.11. The van der Waals surface area contributed by atoms with Gasteiger partial charge in [-0.2, -0.15) is 0 Å². The van der Waals surface area contributed by atoms with Crippen LogP contribution in [0.15, 0.2) is 34.4 Å². The van der Waals surface area contributed by atoms with Crippen molar-refractivity contribution in [3.05, 3.63) is 34.4 Å². The first kappa shape index (κ1) is 10.4. The van der Waals surface area contributed by atoms with E-state index in [9.17, 15) is 4.79 Å². The van der Waals surface area contributed by atoms with Crippen LogP contribution in [0.2, 0.25) is 0 Å². The van der Waals surface area contributed by atoms with Crippen LogP contribution < -0.4 is 0 Å². The standard InChI is InChI=1S/C9H11BrO/c1-4-8(6-11)9(10)5-7(2)3/h4-6H,2H2,1,3H3/b8-4-,9-5+. The molecule has 0 aromatic carbocycles. The fourth-order valence-electron chi connectivity index (χ4n) is 0.562. The van der Waals surface area contributed by atoms with Crippen LogP contribution in [0.1, 0.15) is 13.8 Å². The molecule has 2 heteroatoms. The van der Waals surface area contributed by atoms with Crippen LogP contribution in [-0.4, -0.2) is 6.29 Å². The lowest BCUT2D eigenvalue weighted by atomic mass is 10.2. The summed E-state index contributed by atoms with van der Waals surface area (Å²) in [5, 5.41) is 0. The Bertz CT molecular complexity index is 224. The molecule has 0 amide bonds. The number of allylic oxidation sites excluding steroid dienone is 5. The van der Waals surface area contributed by atoms with Gasteiger partial charge in [0.2, 0.25) is 0 Å². The maximum Gasteiger partial charge on any atom is 0.150 e. The summed E-state index contributed by atoms with van der Waals surface area (Å²) >= 11 is 3.27. The Hall–Kier alpha value is -0.630. The third-order valence-electron chi connectivity index (χ3n) is 1.09. The lowest BCUT2D eigenvalue weighted by Gasteiger charge is -1.95. The minimum Gasteiger partial charge on any atom is -0.298 e. The van der Waals surface area contributed by atoms with Crippen LogP contribution in [0.3, 0.4) is 0 Å². The molecule has 1 nitrogen and oxygen atoms in total. The number of hydrogen-bond acceptors (Lipinski definition) is 1. The van der Waals surface area contributed by atoms with E-state index in [4.69, 9.17) is 0 Å². The Morgan fingerprint density at radius 3 is 2.36 bits per heavy atom. The van der Waals surface area contributed by atoms with Crippen LogP contribution in [0.4, 0.5) is 0 Å². The summed E-state index contributed by atoms with van der Waals surface area (Å²) in [6.45, 7) is 7.39. The first-order valence-electron chi connectivity index (χ1n) is 3.26. The third-order valence-corrected chi connectivity index (χ3v) is 1.77. The Labute approximate surface area is 75.6 Å². The summed E-state index contributed by atoms with van der Waals surface area (Å²) in [7, 11) is 0. The summed E-state index contributed by atoms with van der Waals surface area (Å²) in [5.74, 6) is 0. The van der Waals surface area contributed by atoms with Gasteiger partial charge in [-0.05, 0) is 19.9 Å². The fraction of sp³-hybridized carbons (Fsp3) is 0.222. The number of halogens is 1. The highest BCUT2D eigenvalue weighted by Crippen LogP contribution is 2.16. The SMILES string of the molecule is C=C(C)/C=C(Br)\C(C=O)=C/C. The monoisotopic (exact) mass is 214 g/mol. The lowest BCUT2D eigenvalue weighted by Crippen LogP contribution is -1.83. The topological polar surface area (TPSA) is 17.1 Å². The number of carbonyl (C=O) groups is 1. The largest absolute Gasteiger partial charge is 0.298 e. The smallest absolute Gasteiger partial charge is 0.150 e. The van der Waals surface area contributed by atoms with E-state index in [0.29, 0.717) is 5.57 Å². The van der Waals surface area contributed by atoms with Gasteiger partial charge in [-0.15, -0.1) is 0 Å². The van der Waals surface area contributed by atoms with Crippen molar-refractivity contribution in [1.29, 1.82) is 0 Å². The van der Waals surface area contributed by atoms with Gasteiger partial charge in [-0.1, -0.05) is 34.2 Å². The molecule has 0 bridgehead atoms. The predicted molar refractivity (Wildman–Crippen MR) is 51.6 cm³/mol. The van der Waals surface area contributed by atoms with E-state index in [-0.39, 0.29) is 0 Å². The van der Waals surface area contributed by atoms with E-state index in [2.05, 4.69) is 22.5 Å². The van der Waals surface area contributed by atoms with Gasteiger partial charge < -0.3 is 0 Å².